The van der Waals surface area contributed by atoms with E-state index >= 15 is 0 Å². The van der Waals surface area contributed by atoms with E-state index in [2.05, 4.69) is 22.2 Å². The van der Waals surface area contributed by atoms with Crippen molar-refractivity contribution >= 4 is 17.1 Å². The first-order chi connectivity index (χ1) is 13.5. The quantitative estimate of drug-likeness (QED) is 0.686. The lowest BCUT2D eigenvalue weighted by molar-refractivity contribution is -0.133. The van der Waals surface area contributed by atoms with Gasteiger partial charge in [0.15, 0.2) is 11.2 Å². The van der Waals surface area contributed by atoms with Crippen molar-refractivity contribution in [1.82, 2.24) is 29.4 Å². The summed E-state index contributed by atoms with van der Waals surface area (Å²) in [5.74, 6) is 0.593. The minimum absolute atomic E-state index is 0.0129. The molecule has 3 heterocycles. The molecule has 0 bridgehead atoms. The maximum atomic E-state index is 12.7. The van der Waals surface area contributed by atoms with Crippen molar-refractivity contribution in [1.29, 1.82) is 0 Å². The fourth-order valence-corrected chi connectivity index (χ4v) is 3.48. The summed E-state index contributed by atoms with van der Waals surface area (Å²) in [6.07, 6.45) is 3.43. The van der Waals surface area contributed by atoms with Gasteiger partial charge in [-0.2, -0.15) is 0 Å². The fourth-order valence-electron chi connectivity index (χ4n) is 3.48. The predicted molar refractivity (Wildman–Crippen MR) is 105 cm³/mol. The molecule has 0 atom stereocenters. The number of carbonyl (C=O) groups excluding carboxylic acids is 1. The van der Waals surface area contributed by atoms with Crippen LogP contribution in [0.3, 0.4) is 0 Å². The minimum atomic E-state index is -0.334. The average Bonchev–Trinajstić information content (AvgIpc) is 3.10. The molecule has 146 valence electrons. The first kappa shape index (κ1) is 18.3. The molecule has 0 unspecified atom stereocenters. The van der Waals surface area contributed by atoms with Crippen molar-refractivity contribution in [2.75, 3.05) is 13.1 Å². The lowest BCUT2D eigenvalue weighted by Crippen LogP contribution is -2.41. The normalized spacial score (nSPS) is 15.3. The van der Waals surface area contributed by atoms with E-state index in [1.54, 1.807) is 4.68 Å². The molecule has 1 aliphatic heterocycles. The highest BCUT2D eigenvalue weighted by atomic mass is 16.2. The van der Waals surface area contributed by atoms with E-state index in [1.807, 2.05) is 36.1 Å². The average molecular weight is 380 g/mol. The third-order valence-electron chi connectivity index (χ3n) is 5.39. The number of likely N-dealkylation sites (tertiary alicyclic amines) is 1. The minimum Gasteiger partial charge on any atom is -0.341 e. The zero-order valence-electron chi connectivity index (χ0n) is 16.2. The second kappa shape index (κ2) is 7.53. The number of benzene rings is 1. The van der Waals surface area contributed by atoms with E-state index in [0.717, 1.165) is 31.5 Å². The van der Waals surface area contributed by atoms with Crippen LogP contribution in [-0.2, 0) is 17.9 Å². The number of amides is 1. The van der Waals surface area contributed by atoms with Gasteiger partial charge in [0.1, 0.15) is 12.9 Å². The molecule has 0 saturated carbocycles. The lowest BCUT2D eigenvalue weighted by Gasteiger charge is -2.30. The molecule has 0 aliphatic carbocycles. The van der Waals surface area contributed by atoms with Crippen LogP contribution in [0.2, 0.25) is 0 Å². The Kier molecular flexibility index (Phi) is 4.93. The number of aromatic nitrogens is 5. The molecule has 1 amide bonds. The Hall–Kier alpha value is -3.03. The molecule has 1 saturated heterocycles. The van der Waals surface area contributed by atoms with Crippen LogP contribution < -0.4 is 5.56 Å². The number of rotatable bonds is 4. The molecule has 3 aromatic rings. The molecule has 8 nitrogen and oxygen atoms in total. The highest BCUT2D eigenvalue weighted by Gasteiger charge is 2.21. The summed E-state index contributed by atoms with van der Waals surface area (Å²) in [5, 5.41) is 8.10. The van der Waals surface area contributed by atoms with E-state index in [0.29, 0.717) is 18.1 Å². The van der Waals surface area contributed by atoms with Gasteiger partial charge in [-0.05, 0) is 31.2 Å². The van der Waals surface area contributed by atoms with Gasteiger partial charge in [0.2, 0.25) is 5.91 Å². The van der Waals surface area contributed by atoms with Crippen LogP contribution in [0, 0.1) is 12.8 Å². The first-order valence-corrected chi connectivity index (χ1v) is 9.63. The molecule has 8 heteroatoms. The van der Waals surface area contributed by atoms with E-state index in [-0.39, 0.29) is 23.5 Å². The van der Waals surface area contributed by atoms with Crippen LogP contribution in [0.4, 0.5) is 0 Å². The van der Waals surface area contributed by atoms with Gasteiger partial charge in [0.05, 0.1) is 6.54 Å². The summed E-state index contributed by atoms with van der Waals surface area (Å²) in [4.78, 5) is 31.5. The van der Waals surface area contributed by atoms with Crippen LogP contribution in [0.1, 0.15) is 30.9 Å². The Balaban J connectivity index is 1.54. The standard InChI is InChI=1S/C20H24N6O2/c1-14-3-5-16(6-4-14)11-26-19-18(22-23-26)20(28)25(13-21-19)12-17(27)24-9-7-15(2)8-10-24/h3-6,13,15H,7-12H2,1-2H3. The Labute approximate surface area is 162 Å². The summed E-state index contributed by atoms with van der Waals surface area (Å²) in [6, 6.07) is 8.09. The molecule has 0 radical (unpaired) electrons. The Bertz CT molecular complexity index is 1040. The Morgan fingerprint density at radius 1 is 1.18 bits per heavy atom. The third-order valence-corrected chi connectivity index (χ3v) is 5.39. The lowest BCUT2D eigenvalue weighted by atomic mass is 9.99. The topological polar surface area (TPSA) is 85.9 Å². The molecule has 2 aromatic heterocycles. The van der Waals surface area contributed by atoms with Gasteiger partial charge in [-0.25, -0.2) is 9.67 Å². The second-order valence-corrected chi connectivity index (χ2v) is 7.65. The second-order valence-electron chi connectivity index (χ2n) is 7.65. The van der Waals surface area contributed by atoms with Crippen LogP contribution in [0.5, 0.6) is 0 Å². The van der Waals surface area contributed by atoms with E-state index in [1.165, 1.54) is 16.5 Å². The molecule has 0 N–H and O–H groups in total. The number of hydrogen-bond acceptors (Lipinski definition) is 5. The number of piperidine rings is 1. The van der Waals surface area contributed by atoms with Gasteiger partial charge in [-0.15, -0.1) is 5.10 Å². The monoisotopic (exact) mass is 380 g/mol. The van der Waals surface area contributed by atoms with E-state index in [9.17, 15) is 9.59 Å². The van der Waals surface area contributed by atoms with E-state index in [4.69, 9.17) is 0 Å². The van der Waals surface area contributed by atoms with Crippen LogP contribution in [-0.4, -0.2) is 48.4 Å². The highest BCUT2D eigenvalue weighted by molar-refractivity contribution is 5.76. The molecule has 0 spiro atoms. The van der Waals surface area contributed by atoms with E-state index < -0.39 is 0 Å². The van der Waals surface area contributed by atoms with Crippen molar-refractivity contribution in [2.24, 2.45) is 5.92 Å². The third kappa shape index (κ3) is 3.67. The van der Waals surface area contributed by atoms with Crippen LogP contribution >= 0.6 is 0 Å². The summed E-state index contributed by atoms with van der Waals surface area (Å²) in [7, 11) is 0. The smallest absolute Gasteiger partial charge is 0.283 e. The number of carbonyl (C=O) groups is 1. The van der Waals surface area contributed by atoms with Crippen molar-refractivity contribution in [3.05, 3.63) is 52.1 Å². The number of hydrogen-bond donors (Lipinski definition) is 0. The van der Waals surface area contributed by atoms with Crippen molar-refractivity contribution in [3.8, 4) is 0 Å². The van der Waals surface area contributed by atoms with Gasteiger partial charge >= 0.3 is 0 Å². The van der Waals surface area contributed by atoms with Crippen LogP contribution in [0.15, 0.2) is 35.4 Å². The van der Waals surface area contributed by atoms with Gasteiger partial charge in [0, 0.05) is 13.1 Å². The van der Waals surface area contributed by atoms with Gasteiger partial charge < -0.3 is 4.90 Å². The fraction of sp³-hybridized carbons (Fsp3) is 0.450. The number of fused-ring (bicyclic) bond motifs is 1. The molecule has 1 aliphatic rings. The summed E-state index contributed by atoms with van der Waals surface area (Å²) < 4.78 is 2.94. The maximum Gasteiger partial charge on any atom is 0.283 e. The predicted octanol–water partition coefficient (Wildman–Crippen LogP) is 1.60. The molecule has 1 aromatic carbocycles. The Morgan fingerprint density at radius 2 is 1.89 bits per heavy atom. The first-order valence-electron chi connectivity index (χ1n) is 9.63. The number of aryl methyl sites for hydroxylation is 1. The maximum absolute atomic E-state index is 12.7. The van der Waals surface area contributed by atoms with Crippen LogP contribution in [0.25, 0.3) is 11.2 Å². The van der Waals surface area contributed by atoms with Crippen molar-refractivity contribution in [3.63, 3.8) is 0 Å². The van der Waals surface area contributed by atoms with Crippen molar-refractivity contribution < 1.29 is 4.79 Å². The Morgan fingerprint density at radius 3 is 2.61 bits per heavy atom. The summed E-state index contributed by atoms with van der Waals surface area (Å²) in [6.45, 7) is 6.20. The SMILES string of the molecule is Cc1ccc(Cn2nnc3c(=O)n(CC(=O)N4CCC(C)CC4)cnc32)cc1. The number of nitrogens with zero attached hydrogens (tertiary/aromatic N) is 6. The summed E-state index contributed by atoms with van der Waals surface area (Å²) in [5.41, 5.74) is 2.52. The summed E-state index contributed by atoms with van der Waals surface area (Å²) >= 11 is 0. The zero-order chi connectivity index (χ0) is 19.7. The molecular weight excluding hydrogens is 356 g/mol. The molecule has 1 fully saturated rings. The van der Waals surface area contributed by atoms with Crippen molar-refractivity contribution in [2.45, 2.75) is 39.8 Å². The molecule has 4 rings (SSSR count). The molecule has 28 heavy (non-hydrogen) atoms. The van der Waals surface area contributed by atoms with Gasteiger partial charge in [-0.1, -0.05) is 42.0 Å². The highest BCUT2D eigenvalue weighted by Crippen LogP contribution is 2.16. The van der Waals surface area contributed by atoms with Gasteiger partial charge in [0.25, 0.3) is 5.56 Å². The largest absolute Gasteiger partial charge is 0.341 e. The van der Waals surface area contributed by atoms with Gasteiger partial charge in [-0.3, -0.25) is 14.2 Å². The molecular formula is C20H24N6O2. The zero-order valence-corrected chi connectivity index (χ0v) is 16.2.